The molecule has 77 heavy (non-hydrogen) atoms. The van der Waals surface area contributed by atoms with Crippen LogP contribution in [-0.2, 0) is 25.7 Å². The van der Waals surface area contributed by atoms with E-state index in [1.807, 2.05) is 0 Å². The predicted octanol–water partition coefficient (Wildman–Crippen LogP) is 17.9. The van der Waals surface area contributed by atoms with E-state index in [1.165, 1.54) is 328 Å². The number of rotatable bonds is 50. The van der Waals surface area contributed by atoms with Gasteiger partial charge in [0.25, 0.3) is 0 Å². The lowest BCUT2D eigenvalue weighted by Gasteiger charge is -2.40. The molecule has 13 heteroatoms. The number of nitrogens with zero attached hydrogens (tertiary/aromatic N) is 4. The molecular weight excluding hydrogens is 1010 g/mol. The fourth-order valence-electron chi connectivity index (χ4n) is 10.7. The third kappa shape index (κ3) is 56.7. The summed E-state index contributed by atoms with van der Waals surface area (Å²) in [6.45, 7) is 55.2. The lowest BCUT2D eigenvalue weighted by molar-refractivity contribution is -0.929. The number of hydrogen-bond donors (Lipinski definition) is 0. The molecular formula is C64H144N4O6P2S. The lowest BCUT2D eigenvalue weighted by atomic mass is 10.1. The van der Waals surface area contributed by atoms with E-state index in [0.717, 1.165) is 0 Å². The van der Waals surface area contributed by atoms with Gasteiger partial charge in [0, 0.05) is 6.80 Å². The molecule has 0 aromatic carbocycles. The molecule has 0 aliphatic heterocycles. The zero-order chi connectivity index (χ0) is 59.6. The van der Waals surface area contributed by atoms with Crippen molar-refractivity contribution in [3.8, 4) is 0 Å². The summed E-state index contributed by atoms with van der Waals surface area (Å²) in [6.07, 6.45) is 44.2. The van der Waals surface area contributed by atoms with Crippen molar-refractivity contribution in [2.75, 3.05) is 105 Å². The molecule has 10 nitrogen and oxygen atoms in total. The van der Waals surface area contributed by atoms with Gasteiger partial charge in [0.15, 0.2) is 0 Å². The van der Waals surface area contributed by atoms with Gasteiger partial charge in [0.05, 0.1) is 113 Å². The number of phosphoric acid groups is 1. The predicted molar refractivity (Wildman–Crippen MR) is 341 cm³/mol. The third-order valence-electron chi connectivity index (χ3n) is 16.0. The topological polar surface area (TPSA) is 113 Å². The van der Waals surface area contributed by atoms with E-state index in [4.69, 9.17) is 0 Å². The Morgan fingerprint density at radius 3 is 0.377 bits per heavy atom. The highest BCUT2D eigenvalue weighted by molar-refractivity contribution is 8.32. The highest BCUT2D eigenvalue weighted by Gasteiger charge is 2.28. The van der Waals surface area contributed by atoms with Crippen molar-refractivity contribution in [3.63, 3.8) is 0 Å². The second-order valence-corrected chi connectivity index (χ2v) is 27.4. The van der Waals surface area contributed by atoms with Crippen LogP contribution in [-0.4, -0.2) is 123 Å². The summed E-state index contributed by atoms with van der Waals surface area (Å²) in [5.41, 5.74) is 0. The molecule has 0 amide bonds. The number of unbranched alkanes of at least 4 members (excludes halogenated alkanes) is 16. The summed E-state index contributed by atoms with van der Waals surface area (Å²) < 4.78 is 27.7. The molecule has 0 aliphatic rings. The van der Waals surface area contributed by atoms with E-state index in [0.29, 0.717) is 0 Å². The first-order valence-corrected chi connectivity index (χ1v) is 37.9. The summed E-state index contributed by atoms with van der Waals surface area (Å²) in [7, 11) is -5.47. The highest BCUT2D eigenvalue weighted by Crippen LogP contribution is 2.47. The van der Waals surface area contributed by atoms with Crippen LogP contribution in [0.2, 0.25) is 0 Å². The molecule has 0 aliphatic carbocycles. The zero-order valence-corrected chi connectivity index (χ0v) is 58.1. The van der Waals surface area contributed by atoms with Crippen molar-refractivity contribution in [2.45, 2.75) is 316 Å². The minimum Gasteiger partial charge on any atom is -0.797 e. The van der Waals surface area contributed by atoms with E-state index in [-0.39, 0.29) is 0 Å². The van der Waals surface area contributed by atoms with Gasteiger partial charge in [-0.05, 0) is 103 Å². The maximum absolute atomic E-state index is 9.70. The van der Waals surface area contributed by atoms with Gasteiger partial charge >= 0.3 is 0 Å². The van der Waals surface area contributed by atoms with Crippen LogP contribution in [0.5, 0.6) is 0 Å². The van der Waals surface area contributed by atoms with Crippen molar-refractivity contribution in [2.24, 2.45) is 0 Å². The van der Waals surface area contributed by atoms with Gasteiger partial charge in [0.1, 0.15) is 0 Å². The molecule has 0 saturated carbocycles. The van der Waals surface area contributed by atoms with E-state index in [2.05, 4.69) is 127 Å². The molecule has 0 bridgehead atoms. The minimum atomic E-state index is -5.47. The molecule has 0 heterocycles. The smallest absolute Gasteiger partial charge is 0.0786 e. The Labute approximate surface area is 491 Å². The summed E-state index contributed by atoms with van der Waals surface area (Å²) in [5, 5.41) is 0. The maximum Gasteiger partial charge on any atom is 0.0786 e. The van der Waals surface area contributed by atoms with Gasteiger partial charge in [-0.25, -0.2) is 0 Å². The van der Waals surface area contributed by atoms with Gasteiger partial charge in [-0.15, -0.1) is 0 Å². The molecule has 0 saturated heterocycles. The quantitative estimate of drug-likeness (QED) is 0.0339. The largest absolute Gasteiger partial charge is 0.797 e. The Balaban J connectivity index is -0.000000284. The van der Waals surface area contributed by atoms with Gasteiger partial charge < -0.3 is 58.3 Å². The molecule has 0 aromatic heterocycles. The maximum atomic E-state index is 9.70. The van der Waals surface area contributed by atoms with Gasteiger partial charge in [0.2, 0.25) is 0 Å². The average Bonchev–Trinajstić information content (AvgIpc) is 3.41. The van der Waals surface area contributed by atoms with Crippen molar-refractivity contribution in [1.29, 1.82) is 0 Å². The van der Waals surface area contributed by atoms with Gasteiger partial charge in [-0.3, -0.25) is 0 Å². The molecule has 1 atom stereocenters. The van der Waals surface area contributed by atoms with Crippen molar-refractivity contribution < 1.29 is 46.1 Å². The van der Waals surface area contributed by atoms with Crippen molar-refractivity contribution in [1.82, 2.24) is 0 Å². The van der Waals surface area contributed by atoms with Crippen LogP contribution in [0.1, 0.15) is 316 Å². The molecule has 0 aromatic rings. The average molecular weight is 1160 g/mol. The summed E-state index contributed by atoms with van der Waals surface area (Å²) in [5.74, 6) is 0. The molecule has 0 rings (SSSR count). The number of quaternary nitrogens is 4. The SMILES string of the molecule is CCCC[N+](CCCC)(CCCC)CCCC.CCCC[N+](CCCC)(CCCC)CCCC.CCCC[N+](CCCC)(CCCC)CCCC.CCCC[N+](CCCC)(CCCC)CCCC.O=P([O-])([O-])OP(=O)([O-])[S-]. The summed E-state index contributed by atoms with van der Waals surface area (Å²) >= 11 is 3.44. The second kappa shape index (κ2) is 59.6. The van der Waals surface area contributed by atoms with Crippen molar-refractivity contribution in [3.05, 3.63) is 0 Å². The first kappa shape index (κ1) is 86.3. The summed E-state index contributed by atoms with van der Waals surface area (Å²) in [6, 6.07) is 0. The molecule has 1 unspecified atom stereocenters. The molecule has 0 N–H and O–H groups in total. The summed E-state index contributed by atoms with van der Waals surface area (Å²) in [4.78, 5) is 28.6. The number of hydrogen-bond acceptors (Lipinski definition) is 7. The van der Waals surface area contributed by atoms with E-state index in [1.54, 1.807) is 0 Å². The Bertz CT molecular complexity index is 943. The third-order valence-corrected chi connectivity index (χ3v) is 18.2. The van der Waals surface area contributed by atoms with Crippen LogP contribution in [0.15, 0.2) is 0 Å². The van der Waals surface area contributed by atoms with Crippen LogP contribution in [0.3, 0.4) is 0 Å². The highest BCUT2D eigenvalue weighted by atomic mass is 32.7. The normalized spacial score (nSPS) is 12.8. The molecule has 0 fully saturated rings. The fourth-order valence-corrected chi connectivity index (χ4v) is 12.4. The standard InChI is InChI=1S/4C16H36N.H4O6P2S/c4*1-5-9-13-17(14-10-6-2,15-11-7-3)16-12-8-4;1-7(2,3)6-8(4,5)9/h4*5-16H2,1-4H3;(H2,1,2,3)(H2,4,5,9)/q4*+1;/p-4. The van der Waals surface area contributed by atoms with Gasteiger partial charge in [-0.1, -0.05) is 214 Å². The Kier molecular flexibility index (Phi) is 66.8. The Morgan fingerprint density at radius 1 is 0.247 bits per heavy atom. The molecule has 472 valence electrons. The first-order chi connectivity index (χ1) is 36.7. The Hall–Kier alpha value is 0.490. The Morgan fingerprint density at radius 2 is 0.338 bits per heavy atom. The zero-order valence-electron chi connectivity index (χ0n) is 55.5. The van der Waals surface area contributed by atoms with E-state index in [9.17, 15) is 23.8 Å². The van der Waals surface area contributed by atoms with Crippen LogP contribution in [0.4, 0.5) is 0 Å². The van der Waals surface area contributed by atoms with Gasteiger partial charge in [-0.2, -0.15) is 0 Å². The minimum absolute atomic E-state index is 1.35. The molecule has 0 radical (unpaired) electrons. The van der Waals surface area contributed by atoms with Crippen LogP contribution in [0, 0.1) is 0 Å². The lowest BCUT2D eigenvalue weighted by Crippen LogP contribution is -2.50. The van der Waals surface area contributed by atoms with E-state index < -0.39 is 14.6 Å². The van der Waals surface area contributed by atoms with Crippen molar-refractivity contribution >= 4 is 26.9 Å². The van der Waals surface area contributed by atoms with E-state index >= 15 is 0 Å². The fraction of sp³-hybridized carbons (Fsp3) is 1.00. The van der Waals surface area contributed by atoms with Crippen LogP contribution in [0.25, 0.3) is 0 Å². The second-order valence-electron chi connectivity index (χ2n) is 23.6. The van der Waals surface area contributed by atoms with Crippen LogP contribution >= 0.6 is 14.6 Å². The molecule has 0 spiro atoms. The van der Waals surface area contributed by atoms with Crippen LogP contribution < -0.4 is 14.7 Å². The first-order valence-electron chi connectivity index (χ1n) is 33.8. The monoisotopic (exact) mass is 1160 g/mol.